The number of benzene rings is 1. The highest BCUT2D eigenvalue weighted by atomic mass is 16.5. The normalized spacial score (nSPS) is 32.9. The summed E-state index contributed by atoms with van der Waals surface area (Å²) in [4.78, 5) is 26.7. The SMILES string of the molecule is COc1ccccc1CN1C(=O)[C@@H]2[C@@H](C1=O)[C@@H]1C=C[C@@H]2C1. The van der Waals surface area contributed by atoms with Crippen molar-refractivity contribution in [3.8, 4) is 5.75 Å². The number of rotatable bonds is 3. The maximum atomic E-state index is 12.6. The lowest BCUT2D eigenvalue weighted by Crippen LogP contribution is -2.32. The maximum Gasteiger partial charge on any atom is 0.234 e. The number of ether oxygens (including phenoxy) is 1. The van der Waals surface area contributed by atoms with Gasteiger partial charge < -0.3 is 4.74 Å². The molecule has 2 fully saturated rings. The minimum absolute atomic E-state index is 0.00671. The van der Waals surface area contributed by atoms with Crippen LogP contribution in [-0.2, 0) is 16.1 Å². The molecule has 1 saturated heterocycles. The van der Waals surface area contributed by atoms with Gasteiger partial charge in [0.05, 0.1) is 25.5 Å². The summed E-state index contributed by atoms with van der Waals surface area (Å²) in [6, 6.07) is 7.54. The van der Waals surface area contributed by atoms with E-state index >= 15 is 0 Å². The summed E-state index contributed by atoms with van der Waals surface area (Å²) in [6.45, 7) is 0.314. The fourth-order valence-electron chi connectivity index (χ4n) is 4.12. The van der Waals surface area contributed by atoms with Gasteiger partial charge in [0.1, 0.15) is 5.75 Å². The number of imide groups is 1. The van der Waals surface area contributed by atoms with Gasteiger partial charge in [0.15, 0.2) is 0 Å². The average Bonchev–Trinajstić information content (AvgIpc) is 3.17. The monoisotopic (exact) mass is 283 g/mol. The summed E-state index contributed by atoms with van der Waals surface area (Å²) in [6.07, 6.45) is 5.20. The highest BCUT2D eigenvalue weighted by Gasteiger charge is 2.59. The number of methoxy groups -OCH3 is 1. The molecular formula is C17H17NO3. The van der Waals surface area contributed by atoms with Crippen LogP contribution in [0.4, 0.5) is 0 Å². The first-order valence-electron chi connectivity index (χ1n) is 7.36. The maximum absolute atomic E-state index is 12.6. The van der Waals surface area contributed by atoms with E-state index in [0.717, 1.165) is 17.7 Å². The third-order valence-electron chi connectivity index (χ3n) is 5.08. The Morgan fingerprint density at radius 3 is 2.33 bits per heavy atom. The van der Waals surface area contributed by atoms with Crippen LogP contribution in [0.3, 0.4) is 0 Å². The second-order valence-electron chi connectivity index (χ2n) is 6.07. The van der Waals surface area contributed by atoms with Gasteiger partial charge in [-0.2, -0.15) is 0 Å². The predicted octanol–water partition coefficient (Wildman–Crippen LogP) is 2.00. The molecule has 1 aromatic rings. The lowest BCUT2D eigenvalue weighted by atomic mass is 9.85. The Kier molecular flexibility index (Phi) is 2.67. The Labute approximate surface area is 123 Å². The molecule has 0 unspecified atom stereocenters. The second kappa shape index (κ2) is 4.45. The molecule has 21 heavy (non-hydrogen) atoms. The minimum Gasteiger partial charge on any atom is -0.496 e. The van der Waals surface area contributed by atoms with Crippen molar-refractivity contribution in [1.82, 2.24) is 4.90 Å². The predicted molar refractivity (Wildman–Crippen MR) is 76.3 cm³/mol. The van der Waals surface area contributed by atoms with Gasteiger partial charge in [-0.25, -0.2) is 0 Å². The van der Waals surface area contributed by atoms with E-state index < -0.39 is 0 Å². The molecule has 1 aromatic carbocycles. The van der Waals surface area contributed by atoms with Crippen molar-refractivity contribution in [2.75, 3.05) is 7.11 Å². The van der Waals surface area contributed by atoms with Crippen molar-refractivity contribution in [2.45, 2.75) is 13.0 Å². The van der Waals surface area contributed by atoms with E-state index in [2.05, 4.69) is 12.2 Å². The number of hydrogen-bond acceptors (Lipinski definition) is 3. The number of allylic oxidation sites excluding steroid dienone is 2. The molecule has 0 spiro atoms. The van der Waals surface area contributed by atoms with Gasteiger partial charge in [-0.15, -0.1) is 0 Å². The second-order valence-corrected chi connectivity index (χ2v) is 6.07. The van der Waals surface area contributed by atoms with E-state index in [-0.39, 0.29) is 35.5 Å². The van der Waals surface area contributed by atoms with E-state index in [1.54, 1.807) is 7.11 Å². The molecular weight excluding hydrogens is 266 g/mol. The molecule has 0 radical (unpaired) electrons. The molecule has 1 saturated carbocycles. The summed E-state index contributed by atoms with van der Waals surface area (Å²) in [7, 11) is 1.60. The number of fused-ring (bicyclic) bond motifs is 5. The van der Waals surface area contributed by atoms with E-state index in [0.29, 0.717) is 6.54 Å². The summed E-state index contributed by atoms with van der Waals surface area (Å²) in [5.74, 6) is 0.986. The summed E-state index contributed by atoms with van der Waals surface area (Å²) in [5, 5.41) is 0. The number of carbonyl (C=O) groups is 2. The molecule has 4 rings (SSSR count). The van der Waals surface area contributed by atoms with Gasteiger partial charge in [-0.05, 0) is 24.3 Å². The van der Waals surface area contributed by atoms with Gasteiger partial charge in [-0.1, -0.05) is 30.4 Å². The molecule has 108 valence electrons. The molecule has 4 atom stereocenters. The van der Waals surface area contributed by atoms with Crippen molar-refractivity contribution in [3.05, 3.63) is 42.0 Å². The molecule has 0 N–H and O–H groups in total. The zero-order valence-corrected chi connectivity index (χ0v) is 11.9. The Hall–Kier alpha value is -2.10. The van der Waals surface area contributed by atoms with Gasteiger partial charge in [-0.3, -0.25) is 14.5 Å². The molecule has 4 nitrogen and oxygen atoms in total. The first-order valence-corrected chi connectivity index (χ1v) is 7.36. The van der Waals surface area contributed by atoms with Crippen LogP contribution in [-0.4, -0.2) is 23.8 Å². The molecule has 2 amide bonds. The summed E-state index contributed by atoms with van der Waals surface area (Å²) in [5.41, 5.74) is 0.877. The van der Waals surface area contributed by atoms with Crippen LogP contribution in [0.1, 0.15) is 12.0 Å². The molecule has 2 aliphatic carbocycles. The summed E-state index contributed by atoms with van der Waals surface area (Å²) < 4.78 is 5.31. The van der Waals surface area contributed by atoms with E-state index in [1.165, 1.54) is 4.90 Å². The van der Waals surface area contributed by atoms with E-state index in [1.807, 2.05) is 24.3 Å². The van der Waals surface area contributed by atoms with Crippen LogP contribution in [0.5, 0.6) is 5.75 Å². The van der Waals surface area contributed by atoms with Crippen molar-refractivity contribution in [3.63, 3.8) is 0 Å². The zero-order valence-electron chi connectivity index (χ0n) is 11.9. The van der Waals surface area contributed by atoms with Crippen LogP contribution in [0.25, 0.3) is 0 Å². The van der Waals surface area contributed by atoms with E-state index in [4.69, 9.17) is 4.74 Å². The highest BCUT2D eigenvalue weighted by molar-refractivity contribution is 6.06. The molecule has 1 heterocycles. The quantitative estimate of drug-likeness (QED) is 0.629. The van der Waals surface area contributed by atoms with Crippen LogP contribution in [0.2, 0.25) is 0 Å². The van der Waals surface area contributed by atoms with Gasteiger partial charge in [0, 0.05) is 5.56 Å². The Morgan fingerprint density at radius 2 is 1.71 bits per heavy atom. The van der Waals surface area contributed by atoms with Crippen molar-refractivity contribution in [2.24, 2.45) is 23.7 Å². The third-order valence-corrected chi connectivity index (χ3v) is 5.08. The topological polar surface area (TPSA) is 46.6 Å². The number of hydrogen-bond donors (Lipinski definition) is 0. The first kappa shape index (κ1) is 12.6. The minimum atomic E-state index is -0.123. The Balaban J connectivity index is 1.63. The lowest BCUT2D eigenvalue weighted by molar-refractivity contribution is -0.141. The average molecular weight is 283 g/mol. The number of para-hydroxylation sites is 1. The van der Waals surface area contributed by atoms with Crippen LogP contribution in [0, 0.1) is 23.7 Å². The van der Waals surface area contributed by atoms with Crippen molar-refractivity contribution >= 4 is 11.8 Å². The lowest BCUT2D eigenvalue weighted by Gasteiger charge is -2.18. The summed E-state index contributed by atoms with van der Waals surface area (Å²) >= 11 is 0. The Morgan fingerprint density at radius 1 is 1.10 bits per heavy atom. The fraction of sp³-hybridized carbons (Fsp3) is 0.412. The molecule has 4 heteroatoms. The smallest absolute Gasteiger partial charge is 0.234 e. The third kappa shape index (κ3) is 1.68. The van der Waals surface area contributed by atoms with Gasteiger partial charge in [0.2, 0.25) is 11.8 Å². The highest BCUT2D eigenvalue weighted by Crippen LogP contribution is 2.52. The number of nitrogens with zero attached hydrogens (tertiary/aromatic N) is 1. The van der Waals surface area contributed by atoms with Gasteiger partial charge >= 0.3 is 0 Å². The van der Waals surface area contributed by atoms with Crippen molar-refractivity contribution in [1.29, 1.82) is 0 Å². The first-order chi connectivity index (χ1) is 10.2. The standard InChI is InChI=1S/C17H17NO3/c1-21-13-5-3-2-4-12(13)9-18-16(19)14-10-6-7-11(8-10)15(14)17(18)20/h2-7,10-11,14-15H,8-9H2,1H3/t10-,11-,14+,15+/m1/s1. The fourth-order valence-corrected chi connectivity index (χ4v) is 4.12. The molecule has 0 aromatic heterocycles. The largest absolute Gasteiger partial charge is 0.496 e. The molecule has 1 aliphatic heterocycles. The molecule has 2 bridgehead atoms. The molecule has 3 aliphatic rings. The van der Waals surface area contributed by atoms with Crippen LogP contribution < -0.4 is 4.74 Å². The van der Waals surface area contributed by atoms with Crippen LogP contribution >= 0.6 is 0 Å². The number of likely N-dealkylation sites (tertiary alicyclic amines) is 1. The number of carbonyl (C=O) groups excluding carboxylic acids is 2. The zero-order chi connectivity index (χ0) is 14.6. The van der Waals surface area contributed by atoms with E-state index in [9.17, 15) is 9.59 Å². The number of amides is 2. The van der Waals surface area contributed by atoms with Crippen LogP contribution in [0.15, 0.2) is 36.4 Å². The van der Waals surface area contributed by atoms with Gasteiger partial charge in [0.25, 0.3) is 0 Å². The Bertz CT molecular complexity index is 621. The van der Waals surface area contributed by atoms with Crippen molar-refractivity contribution < 1.29 is 14.3 Å².